The third-order valence-electron chi connectivity index (χ3n) is 5.52. The largest absolute Gasteiger partial charge is 0.393 e. The van der Waals surface area contributed by atoms with Gasteiger partial charge in [0.25, 0.3) is 5.91 Å². The maximum absolute atomic E-state index is 12.4. The van der Waals surface area contributed by atoms with Gasteiger partial charge in [-0.2, -0.15) is 5.26 Å². The van der Waals surface area contributed by atoms with Crippen molar-refractivity contribution < 1.29 is 4.79 Å². The predicted octanol–water partition coefficient (Wildman–Crippen LogP) is 6.59. The second kappa shape index (κ2) is 11.5. The van der Waals surface area contributed by atoms with Gasteiger partial charge in [-0.1, -0.05) is 57.3 Å². The quantitative estimate of drug-likeness (QED) is 0.177. The Morgan fingerprint density at radius 2 is 1.73 bits per heavy atom. The van der Waals surface area contributed by atoms with Crippen molar-refractivity contribution in [2.24, 2.45) is 0 Å². The minimum atomic E-state index is -0.563. The Hall–Kier alpha value is -3.84. The molecule has 1 amide bonds. The van der Waals surface area contributed by atoms with Crippen LogP contribution in [0, 0.1) is 18.3 Å². The van der Waals surface area contributed by atoms with Crippen LogP contribution in [-0.4, -0.2) is 15.9 Å². The Morgan fingerprint density at radius 1 is 1.05 bits per heavy atom. The number of amides is 1. The van der Waals surface area contributed by atoms with Crippen LogP contribution in [-0.2, 0) is 0 Å². The van der Waals surface area contributed by atoms with Crippen molar-refractivity contribution in [3.8, 4) is 6.07 Å². The van der Waals surface area contributed by atoms with Crippen molar-refractivity contribution in [2.75, 3.05) is 16.5 Å². The first-order valence-electron chi connectivity index (χ1n) is 10.9. The number of carbonyl (C=O) groups is 1. The average Bonchev–Trinajstić information content (AvgIpc) is 2.89. The van der Waals surface area contributed by atoms with Crippen molar-refractivity contribution in [2.45, 2.75) is 12.8 Å². The molecule has 0 fully saturated rings. The summed E-state index contributed by atoms with van der Waals surface area (Å²) in [5, 5.41) is 14.0. The van der Waals surface area contributed by atoms with E-state index in [-0.39, 0.29) is 17.4 Å². The molecule has 11 heteroatoms. The number of hydrazine groups is 1. The molecule has 0 saturated heterocycles. The van der Waals surface area contributed by atoms with Crippen molar-refractivity contribution in [1.82, 2.24) is 15.4 Å². The fourth-order valence-corrected chi connectivity index (χ4v) is 4.21. The molecule has 1 atom stereocenters. The van der Waals surface area contributed by atoms with Crippen LogP contribution in [0.2, 0.25) is 10.0 Å². The fraction of sp³-hybridized carbons (Fsp3) is 0.0769. The smallest absolute Gasteiger partial charge is 0.269 e. The van der Waals surface area contributed by atoms with Crippen LogP contribution in [0.4, 0.5) is 23.0 Å². The Balaban J connectivity index is 1.53. The van der Waals surface area contributed by atoms with E-state index in [4.69, 9.17) is 28.9 Å². The van der Waals surface area contributed by atoms with Gasteiger partial charge in [0.15, 0.2) is 11.6 Å². The van der Waals surface area contributed by atoms with Gasteiger partial charge in [-0.05, 0) is 66.1 Å². The summed E-state index contributed by atoms with van der Waals surface area (Å²) in [4.78, 5) is 20.7. The molecule has 0 bridgehead atoms. The molecule has 5 N–H and O–H groups in total. The summed E-state index contributed by atoms with van der Waals surface area (Å²) in [6.07, 6.45) is 1.31. The zero-order valence-corrected chi connectivity index (χ0v) is 22.5. The van der Waals surface area contributed by atoms with Crippen LogP contribution in [0.1, 0.15) is 33.0 Å². The van der Waals surface area contributed by atoms with Crippen LogP contribution in [0.25, 0.3) is 0 Å². The highest BCUT2D eigenvalue weighted by molar-refractivity contribution is 9.10. The minimum absolute atomic E-state index is 0.189. The van der Waals surface area contributed by atoms with Gasteiger partial charge in [0, 0.05) is 25.8 Å². The average molecular weight is 597 g/mol. The first kappa shape index (κ1) is 26.2. The number of nitriles is 1. The second-order valence-corrected chi connectivity index (χ2v) is 9.76. The van der Waals surface area contributed by atoms with Gasteiger partial charge in [0.05, 0.1) is 12.0 Å². The molecule has 186 valence electrons. The SMILES string of the molecule is Cc1cc(C(C#N)c2ccc(Cl)cc2)c(Cl)cc1Nc1ncnc(NNC(=O)c2ccc(Br)cc2)c1N. The summed E-state index contributed by atoms with van der Waals surface area (Å²) in [5.74, 6) is -0.384. The number of aromatic nitrogens is 2. The summed E-state index contributed by atoms with van der Waals surface area (Å²) in [6.45, 7) is 1.88. The lowest BCUT2D eigenvalue weighted by atomic mass is 9.91. The molecule has 0 aliphatic heterocycles. The van der Waals surface area contributed by atoms with Crippen molar-refractivity contribution in [3.05, 3.63) is 104 Å². The van der Waals surface area contributed by atoms with E-state index in [1.165, 1.54) is 6.33 Å². The van der Waals surface area contributed by atoms with Gasteiger partial charge >= 0.3 is 0 Å². The lowest BCUT2D eigenvalue weighted by Gasteiger charge is -2.17. The number of nitrogens with zero attached hydrogens (tertiary/aromatic N) is 3. The topological polar surface area (TPSA) is 129 Å². The maximum Gasteiger partial charge on any atom is 0.269 e. The van der Waals surface area contributed by atoms with Crippen LogP contribution < -0.4 is 21.9 Å². The molecule has 0 saturated carbocycles. The van der Waals surface area contributed by atoms with Crippen molar-refractivity contribution >= 4 is 68.0 Å². The van der Waals surface area contributed by atoms with E-state index in [0.717, 1.165) is 15.6 Å². The molecule has 8 nitrogen and oxygen atoms in total. The predicted molar refractivity (Wildman–Crippen MR) is 150 cm³/mol. The number of hydrogen-bond donors (Lipinski definition) is 4. The van der Waals surface area contributed by atoms with E-state index >= 15 is 0 Å². The van der Waals surface area contributed by atoms with E-state index in [0.29, 0.717) is 32.7 Å². The lowest BCUT2D eigenvalue weighted by Crippen LogP contribution is -2.30. The van der Waals surface area contributed by atoms with Crippen molar-refractivity contribution in [1.29, 1.82) is 5.26 Å². The zero-order chi connectivity index (χ0) is 26.5. The number of anilines is 4. The number of carbonyl (C=O) groups excluding carboxylic acids is 1. The molecule has 4 aromatic rings. The first-order chi connectivity index (χ1) is 17.8. The molecule has 37 heavy (non-hydrogen) atoms. The molecular formula is C26H20BrCl2N7O. The molecule has 4 rings (SSSR count). The normalized spacial score (nSPS) is 11.3. The van der Waals surface area contributed by atoms with Gasteiger partial charge in [-0.3, -0.25) is 15.6 Å². The van der Waals surface area contributed by atoms with Gasteiger partial charge in [0.1, 0.15) is 12.0 Å². The highest BCUT2D eigenvalue weighted by Crippen LogP contribution is 2.36. The third-order valence-corrected chi connectivity index (χ3v) is 6.63. The van der Waals surface area contributed by atoms with E-state index < -0.39 is 5.92 Å². The van der Waals surface area contributed by atoms with Crippen LogP contribution in [0.5, 0.6) is 0 Å². The van der Waals surface area contributed by atoms with Gasteiger partial charge in [-0.25, -0.2) is 9.97 Å². The molecular weight excluding hydrogens is 577 g/mol. The fourth-order valence-electron chi connectivity index (χ4n) is 3.55. The molecule has 3 aromatic carbocycles. The number of nitrogen functional groups attached to an aromatic ring is 1. The number of hydrogen-bond acceptors (Lipinski definition) is 7. The summed E-state index contributed by atoms with van der Waals surface area (Å²) in [5.41, 5.74) is 15.1. The summed E-state index contributed by atoms with van der Waals surface area (Å²) in [7, 11) is 0. The molecule has 1 unspecified atom stereocenters. The van der Waals surface area contributed by atoms with E-state index in [1.807, 2.05) is 13.0 Å². The van der Waals surface area contributed by atoms with Crippen LogP contribution >= 0.6 is 39.1 Å². The van der Waals surface area contributed by atoms with Gasteiger partial charge < -0.3 is 11.1 Å². The Morgan fingerprint density at radius 3 is 2.41 bits per heavy atom. The first-order valence-corrected chi connectivity index (χ1v) is 12.5. The molecule has 0 aliphatic carbocycles. The van der Waals surface area contributed by atoms with Crippen molar-refractivity contribution in [3.63, 3.8) is 0 Å². The van der Waals surface area contributed by atoms with E-state index in [1.54, 1.807) is 54.6 Å². The molecule has 0 radical (unpaired) electrons. The second-order valence-electron chi connectivity index (χ2n) is 8.00. The summed E-state index contributed by atoms with van der Waals surface area (Å²) >= 11 is 15.9. The molecule has 0 aliphatic rings. The number of rotatable bonds is 7. The third kappa shape index (κ3) is 6.12. The number of nitrogens with two attached hydrogens (primary N) is 1. The molecule has 1 heterocycles. The monoisotopic (exact) mass is 595 g/mol. The van der Waals surface area contributed by atoms with Crippen LogP contribution in [0.3, 0.4) is 0 Å². The van der Waals surface area contributed by atoms with E-state index in [9.17, 15) is 10.1 Å². The number of nitrogens with one attached hydrogen (secondary N) is 3. The summed E-state index contributed by atoms with van der Waals surface area (Å²) < 4.78 is 0.865. The van der Waals surface area contributed by atoms with E-state index in [2.05, 4.69) is 48.1 Å². The Kier molecular flexibility index (Phi) is 8.14. The van der Waals surface area contributed by atoms with Gasteiger partial charge in [-0.15, -0.1) is 0 Å². The Bertz CT molecular complexity index is 1490. The minimum Gasteiger partial charge on any atom is -0.393 e. The molecule has 1 aromatic heterocycles. The highest BCUT2D eigenvalue weighted by atomic mass is 79.9. The Labute approximate surface area is 231 Å². The number of halogens is 3. The zero-order valence-electron chi connectivity index (χ0n) is 19.4. The number of aryl methyl sites for hydroxylation is 1. The van der Waals surface area contributed by atoms with Gasteiger partial charge in [0.2, 0.25) is 0 Å². The summed E-state index contributed by atoms with van der Waals surface area (Å²) in [6, 6.07) is 19.9. The highest BCUT2D eigenvalue weighted by Gasteiger charge is 2.19. The van der Waals surface area contributed by atoms with Crippen LogP contribution in [0.15, 0.2) is 71.5 Å². The lowest BCUT2D eigenvalue weighted by molar-refractivity contribution is 0.0962. The maximum atomic E-state index is 12.4. The molecule has 0 spiro atoms. The standard InChI is InChI=1S/C26H20BrCl2N7O/c1-14-10-19(20(12-30)15-4-8-18(28)9-5-15)21(29)11-22(14)34-24-23(31)25(33-13-32-24)35-36-26(37)16-2-6-17(27)7-3-16/h2-11,13,20H,31H2,1H3,(H,36,37)(H2,32,33,34,35). The number of benzene rings is 3.